The first-order valence-electron chi connectivity index (χ1n) is 18.9. The van der Waals surface area contributed by atoms with Gasteiger partial charge in [0.2, 0.25) is 0 Å². The summed E-state index contributed by atoms with van der Waals surface area (Å²) in [5.41, 5.74) is 15.6. The van der Waals surface area contributed by atoms with Crippen molar-refractivity contribution in [2.45, 2.75) is 52.4 Å². The molecular weight excluding hydrogens is 693 g/mol. The fourth-order valence-corrected chi connectivity index (χ4v) is 11.7. The van der Waals surface area contributed by atoms with Crippen LogP contribution in [0.4, 0.5) is 0 Å². The molecule has 0 N–H and O–H groups in total. The number of para-hydroxylation sites is 2. The van der Waals surface area contributed by atoms with Crippen molar-refractivity contribution in [2.75, 3.05) is 0 Å². The lowest BCUT2D eigenvalue weighted by Crippen LogP contribution is -2.12. The Morgan fingerprint density at radius 2 is 0.796 bits per heavy atom. The van der Waals surface area contributed by atoms with E-state index < -0.39 is 0 Å². The summed E-state index contributed by atoms with van der Waals surface area (Å²) in [5, 5.41) is 5.33. The van der Waals surface area contributed by atoms with E-state index in [2.05, 4.69) is 184 Å². The molecule has 0 aliphatic carbocycles. The molecule has 54 heavy (non-hydrogen) atoms. The lowest BCUT2D eigenvalue weighted by atomic mass is 9.81. The van der Waals surface area contributed by atoms with Gasteiger partial charge in [0.05, 0.1) is 51.9 Å². The van der Waals surface area contributed by atoms with Gasteiger partial charge in [-0.3, -0.25) is 0 Å². The Morgan fingerprint density at radius 3 is 1.22 bits per heavy atom. The van der Waals surface area contributed by atoms with E-state index in [9.17, 15) is 0 Å². The van der Waals surface area contributed by atoms with Crippen LogP contribution in [-0.2, 0) is 10.8 Å². The monoisotopic (exact) mass is 732 g/mol. The van der Waals surface area contributed by atoms with E-state index >= 15 is 0 Å². The summed E-state index contributed by atoms with van der Waals surface area (Å²) in [7, 11) is 0. The molecule has 11 aromatic rings. The highest BCUT2D eigenvalue weighted by Gasteiger charge is 2.27. The fraction of sp³-hybridized carbons (Fsp3) is 0.160. The van der Waals surface area contributed by atoms with Crippen molar-refractivity contribution in [1.29, 1.82) is 0 Å². The molecule has 2 nitrogen and oxygen atoms in total. The maximum Gasteiger partial charge on any atom is 0.0736 e. The minimum Gasteiger partial charge on any atom is -0.306 e. The van der Waals surface area contributed by atoms with Crippen LogP contribution in [0.2, 0.25) is 0 Å². The first-order valence-corrected chi connectivity index (χ1v) is 20.6. The summed E-state index contributed by atoms with van der Waals surface area (Å²) >= 11 is 3.89. The zero-order chi connectivity index (χ0) is 36.7. The van der Waals surface area contributed by atoms with E-state index in [1.807, 2.05) is 22.7 Å². The largest absolute Gasteiger partial charge is 0.306 e. The SMILES string of the molecule is CC(C)(C)c1ccccc1-c1ccc2c(c1)c1c3sc4ccccc4n4c5ccc(-c6ccccc6C(C)(C)C)cc5c(c5sc6ccccc6n2c51)c34. The molecule has 0 saturated carbocycles. The van der Waals surface area contributed by atoms with Crippen molar-refractivity contribution in [3.05, 3.63) is 145 Å². The van der Waals surface area contributed by atoms with Gasteiger partial charge in [-0.15, -0.1) is 22.7 Å². The van der Waals surface area contributed by atoms with Crippen molar-refractivity contribution in [1.82, 2.24) is 8.80 Å². The number of nitrogens with zero attached hydrogens (tertiary/aromatic N) is 2. The molecule has 7 aromatic carbocycles. The lowest BCUT2D eigenvalue weighted by molar-refractivity contribution is 0.591. The average Bonchev–Trinajstić information content (AvgIpc) is 3.70. The van der Waals surface area contributed by atoms with Crippen molar-refractivity contribution in [3.63, 3.8) is 0 Å². The molecule has 0 radical (unpaired) electrons. The molecule has 0 atom stereocenters. The van der Waals surface area contributed by atoms with Crippen molar-refractivity contribution < 1.29 is 0 Å². The molecule has 4 aromatic heterocycles. The molecule has 4 heteroatoms. The van der Waals surface area contributed by atoms with Gasteiger partial charge in [-0.25, -0.2) is 0 Å². The van der Waals surface area contributed by atoms with Gasteiger partial charge in [0.15, 0.2) is 0 Å². The Bertz CT molecular complexity index is 3120. The van der Waals surface area contributed by atoms with Crippen LogP contribution in [-0.4, -0.2) is 8.80 Å². The van der Waals surface area contributed by atoms with Gasteiger partial charge in [0.1, 0.15) is 0 Å². The van der Waals surface area contributed by atoms with Crippen LogP contribution < -0.4 is 0 Å². The summed E-state index contributed by atoms with van der Waals surface area (Å²) in [6.07, 6.45) is 0. The number of hydrogen-bond donors (Lipinski definition) is 0. The molecule has 0 aliphatic heterocycles. The standard InChI is InChI=1S/C50H40N2S2/c1-49(2,3)35-17-9-7-15-31(35)29-23-25-37-33(27-29)43-45-48(54-41-21-13-11-19-39(41)51(37)45)44-34-28-30(32-16-8-10-18-36(32)50(4,5)6)24-26-38(34)52-40-20-12-14-22-42(40)53-47(43)46(44)52/h7-28H,1-6H3. The highest BCUT2D eigenvalue weighted by molar-refractivity contribution is 7.27. The van der Waals surface area contributed by atoms with E-state index in [0.717, 1.165) is 0 Å². The predicted octanol–water partition coefficient (Wildman–Crippen LogP) is 15.2. The van der Waals surface area contributed by atoms with Crippen LogP contribution in [0.3, 0.4) is 0 Å². The summed E-state index contributed by atoms with van der Waals surface area (Å²) in [4.78, 5) is 0. The van der Waals surface area contributed by atoms with Gasteiger partial charge < -0.3 is 8.80 Å². The van der Waals surface area contributed by atoms with Gasteiger partial charge >= 0.3 is 0 Å². The van der Waals surface area contributed by atoms with Crippen LogP contribution in [0.1, 0.15) is 52.7 Å². The van der Waals surface area contributed by atoms with E-state index in [1.165, 1.54) is 107 Å². The normalized spacial score (nSPS) is 13.0. The van der Waals surface area contributed by atoms with E-state index in [4.69, 9.17) is 0 Å². The molecule has 4 heterocycles. The predicted molar refractivity (Wildman–Crippen MR) is 237 cm³/mol. The van der Waals surface area contributed by atoms with Crippen LogP contribution in [0.5, 0.6) is 0 Å². The van der Waals surface area contributed by atoms with Gasteiger partial charge in [0, 0.05) is 21.5 Å². The van der Waals surface area contributed by atoms with Crippen molar-refractivity contribution in [3.8, 4) is 22.3 Å². The molecule has 0 fully saturated rings. The fourth-order valence-electron chi connectivity index (χ4n) is 9.20. The summed E-state index contributed by atoms with van der Waals surface area (Å²) in [5.74, 6) is 0. The Kier molecular flexibility index (Phi) is 6.57. The lowest BCUT2D eigenvalue weighted by Gasteiger charge is -2.23. The smallest absolute Gasteiger partial charge is 0.0736 e. The third-order valence-corrected chi connectivity index (χ3v) is 13.9. The number of benzene rings is 7. The number of aromatic nitrogens is 2. The second-order valence-corrected chi connectivity index (χ2v) is 19.1. The first-order chi connectivity index (χ1) is 26.1. The molecule has 0 saturated heterocycles. The number of fused-ring (bicyclic) bond motifs is 12. The second kappa shape index (κ2) is 11.1. The van der Waals surface area contributed by atoms with Gasteiger partial charge in [-0.05, 0) is 92.7 Å². The molecule has 0 amide bonds. The minimum atomic E-state index is 0.0239. The van der Waals surface area contributed by atoms with E-state index in [-0.39, 0.29) is 10.8 Å². The maximum absolute atomic E-state index is 2.57. The molecule has 0 aliphatic rings. The average molecular weight is 733 g/mol. The van der Waals surface area contributed by atoms with E-state index in [0.29, 0.717) is 0 Å². The van der Waals surface area contributed by atoms with Crippen molar-refractivity contribution >= 4 is 96.1 Å². The third-order valence-electron chi connectivity index (χ3n) is 11.5. The zero-order valence-electron chi connectivity index (χ0n) is 31.4. The first kappa shape index (κ1) is 32.0. The van der Waals surface area contributed by atoms with E-state index in [1.54, 1.807) is 0 Å². The summed E-state index contributed by atoms with van der Waals surface area (Å²) in [6, 6.07) is 50.3. The van der Waals surface area contributed by atoms with Gasteiger partial charge in [-0.1, -0.05) is 126 Å². The highest BCUT2D eigenvalue weighted by Crippen LogP contribution is 2.51. The molecule has 0 bridgehead atoms. The Balaban J connectivity index is 1.38. The van der Waals surface area contributed by atoms with Gasteiger partial charge in [-0.2, -0.15) is 0 Å². The Labute approximate surface area is 322 Å². The quantitative estimate of drug-likeness (QED) is 0.157. The molecule has 0 spiro atoms. The second-order valence-electron chi connectivity index (χ2n) is 17.0. The molecule has 262 valence electrons. The third kappa shape index (κ3) is 4.38. The van der Waals surface area contributed by atoms with Crippen LogP contribution in [0, 0.1) is 0 Å². The van der Waals surface area contributed by atoms with Crippen LogP contribution in [0.25, 0.3) is 95.7 Å². The summed E-state index contributed by atoms with van der Waals surface area (Å²) < 4.78 is 10.4. The minimum absolute atomic E-state index is 0.0239. The van der Waals surface area contributed by atoms with Crippen molar-refractivity contribution in [2.24, 2.45) is 0 Å². The van der Waals surface area contributed by atoms with Gasteiger partial charge in [0.25, 0.3) is 0 Å². The molecule has 11 rings (SSSR count). The maximum atomic E-state index is 2.57. The molecule has 0 unspecified atom stereocenters. The summed E-state index contributed by atoms with van der Waals surface area (Å²) in [6.45, 7) is 13.9. The zero-order valence-corrected chi connectivity index (χ0v) is 33.0. The highest BCUT2D eigenvalue weighted by atomic mass is 32.1. The van der Waals surface area contributed by atoms with Crippen LogP contribution >= 0.6 is 22.7 Å². The Hall–Kier alpha value is -5.42. The Morgan fingerprint density at radius 1 is 0.407 bits per heavy atom. The number of hydrogen-bond acceptors (Lipinski definition) is 2. The van der Waals surface area contributed by atoms with Crippen LogP contribution in [0.15, 0.2) is 133 Å². The molecular formula is C50H40N2S2. The topological polar surface area (TPSA) is 8.82 Å². The number of rotatable bonds is 2.